The molecule has 0 unspecified atom stereocenters. The Hall–Kier alpha value is -2.63. The Morgan fingerprint density at radius 3 is 2.43 bits per heavy atom. The molecule has 1 aliphatic rings. The van der Waals surface area contributed by atoms with Crippen LogP contribution in [-0.4, -0.2) is 36.1 Å². The van der Waals surface area contributed by atoms with Gasteiger partial charge in [0.25, 0.3) is 0 Å². The highest BCUT2D eigenvalue weighted by Gasteiger charge is 2.25. The second kappa shape index (κ2) is 6.24. The summed E-state index contributed by atoms with van der Waals surface area (Å²) in [6.45, 7) is 7.37. The third-order valence-electron chi connectivity index (χ3n) is 4.46. The molecule has 1 aliphatic heterocycles. The van der Waals surface area contributed by atoms with Gasteiger partial charge in [-0.15, -0.1) is 0 Å². The minimum atomic E-state index is -0.362. The van der Waals surface area contributed by atoms with E-state index in [1.165, 1.54) is 22.9 Å². The molecule has 3 rings (SSSR count). The summed E-state index contributed by atoms with van der Waals surface area (Å²) in [6, 6.07) is 9.45. The number of hydrogen-bond donors (Lipinski definition) is 0. The standard InChI is InChI=1S/C17H20N4O2/c1-13-5-3-6-15(14(13)2)19-9-11-20(12-10-19)17-16(21(22)23)7-4-8-18-17/h3-8H,9-12H2,1-2H3. The highest BCUT2D eigenvalue weighted by Crippen LogP contribution is 2.28. The van der Waals surface area contributed by atoms with E-state index in [0.29, 0.717) is 5.82 Å². The van der Waals surface area contributed by atoms with Crippen LogP contribution in [0.15, 0.2) is 36.5 Å². The molecular formula is C17H20N4O2. The lowest BCUT2D eigenvalue weighted by Crippen LogP contribution is -2.47. The van der Waals surface area contributed by atoms with Gasteiger partial charge < -0.3 is 9.80 Å². The number of hydrogen-bond acceptors (Lipinski definition) is 5. The van der Waals surface area contributed by atoms with Gasteiger partial charge in [-0.05, 0) is 37.1 Å². The second-order valence-electron chi connectivity index (χ2n) is 5.80. The molecule has 1 aromatic carbocycles. The highest BCUT2D eigenvalue weighted by molar-refractivity contribution is 5.60. The lowest BCUT2D eigenvalue weighted by atomic mass is 10.1. The maximum atomic E-state index is 11.2. The third kappa shape index (κ3) is 2.97. The van der Waals surface area contributed by atoms with Gasteiger partial charge in [0.2, 0.25) is 5.82 Å². The molecule has 2 aromatic rings. The summed E-state index contributed by atoms with van der Waals surface area (Å²) in [6.07, 6.45) is 1.61. The molecule has 23 heavy (non-hydrogen) atoms. The molecule has 1 fully saturated rings. The molecule has 0 N–H and O–H groups in total. The van der Waals surface area contributed by atoms with Crippen molar-refractivity contribution >= 4 is 17.2 Å². The van der Waals surface area contributed by atoms with Crippen molar-refractivity contribution in [2.75, 3.05) is 36.0 Å². The molecular weight excluding hydrogens is 292 g/mol. The van der Waals surface area contributed by atoms with Crippen molar-refractivity contribution in [1.29, 1.82) is 0 Å². The van der Waals surface area contributed by atoms with Gasteiger partial charge in [-0.2, -0.15) is 0 Å². The summed E-state index contributed by atoms with van der Waals surface area (Å²) in [5.74, 6) is 0.470. The molecule has 0 atom stereocenters. The van der Waals surface area contributed by atoms with E-state index in [4.69, 9.17) is 0 Å². The second-order valence-corrected chi connectivity index (χ2v) is 5.80. The summed E-state index contributed by atoms with van der Waals surface area (Å²) in [7, 11) is 0. The number of pyridine rings is 1. The average Bonchev–Trinajstić information content (AvgIpc) is 2.57. The SMILES string of the molecule is Cc1cccc(N2CCN(c3ncccc3[N+](=O)[O-])CC2)c1C. The average molecular weight is 312 g/mol. The predicted octanol–water partition coefficient (Wildman–Crippen LogP) is 2.93. The maximum Gasteiger partial charge on any atom is 0.311 e. The summed E-state index contributed by atoms with van der Waals surface area (Å²) >= 11 is 0. The zero-order valence-electron chi connectivity index (χ0n) is 13.4. The molecule has 0 bridgehead atoms. The van der Waals surface area contributed by atoms with Gasteiger partial charge in [0.15, 0.2) is 0 Å². The van der Waals surface area contributed by atoms with Crippen molar-refractivity contribution in [3.63, 3.8) is 0 Å². The smallest absolute Gasteiger partial charge is 0.311 e. The minimum Gasteiger partial charge on any atom is -0.368 e. The van der Waals surface area contributed by atoms with E-state index >= 15 is 0 Å². The monoisotopic (exact) mass is 312 g/mol. The normalized spacial score (nSPS) is 14.9. The number of nitrogens with zero attached hydrogens (tertiary/aromatic N) is 4. The quantitative estimate of drug-likeness (QED) is 0.644. The van der Waals surface area contributed by atoms with Crippen molar-refractivity contribution < 1.29 is 4.92 Å². The molecule has 0 radical (unpaired) electrons. The number of nitro groups is 1. The molecule has 0 spiro atoms. The first-order chi connectivity index (χ1) is 11.1. The number of aryl methyl sites for hydroxylation is 1. The van der Waals surface area contributed by atoms with Gasteiger partial charge in [-0.25, -0.2) is 4.98 Å². The van der Waals surface area contributed by atoms with Gasteiger partial charge in [0, 0.05) is 44.1 Å². The van der Waals surface area contributed by atoms with Crippen LogP contribution in [0.2, 0.25) is 0 Å². The van der Waals surface area contributed by atoms with Crippen LogP contribution in [0.25, 0.3) is 0 Å². The van der Waals surface area contributed by atoms with Gasteiger partial charge in [0.05, 0.1) is 4.92 Å². The van der Waals surface area contributed by atoms with Crippen LogP contribution < -0.4 is 9.80 Å². The van der Waals surface area contributed by atoms with Crippen LogP contribution in [0.3, 0.4) is 0 Å². The summed E-state index contributed by atoms with van der Waals surface area (Å²) in [4.78, 5) is 19.4. The first-order valence-electron chi connectivity index (χ1n) is 7.73. The fourth-order valence-electron chi connectivity index (χ4n) is 3.01. The van der Waals surface area contributed by atoms with E-state index in [0.717, 1.165) is 26.2 Å². The maximum absolute atomic E-state index is 11.2. The van der Waals surface area contributed by atoms with Crippen LogP contribution in [0.1, 0.15) is 11.1 Å². The van der Waals surface area contributed by atoms with Crippen molar-refractivity contribution in [3.8, 4) is 0 Å². The fourth-order valence-corrected chi connectivity index (χ4v) is 3.01. The molecule has 0 saturated carbocycles. The van der Waals surface area contributed by atoms with Crippen LogP contribution in [0.5, 0.6) is 0 Å². The summed E-state index contributed by atoms with van der Waals surface area (Å²) in [5, 5.41) is 11.2. The zero-order valence-corrected chi connectivity index (χ0v) is 13.4. The third-order valence-corrected chi connectivity index (χ3v) is 4.46. The highest BCUT2D eigenvalue weighted by atomic mass is 16.6. The van der Waals surface area contributed by atoms with E-state index in [9.17, 15) is 10.1 Å². The van der Waals surface area contributed by atoms with Gasteiger partial charge >= 0.3 is 5.69 Å². The van der Waals surface area contributed by atoms with Crippen molar-refractivity contribution in [2.24, 2.45) is 0 Å². The molecule has 6 nitrogen and oxygen atoms in total. The largest absolute Gasteiger partial charge is 0.368 e. The van der Waals surface area contributed by atoms with Gasteiger partial charge in [-0.1, -0.05) is 12.1 Å². The topological polar surface area (TPSA) is 62.5 Å². The van der Waals surface area contributed by atoms with Gasteiger partial charge in [0.1, 0.15) is 0 Å². The number of rotatable bonds is 3. The Labute approximate surface area is 135 Å². The lowest BCUT2D eigenvalue weighted by Gasteiger charge is -2.37. The summed E-state index contributed by atoms with van der Waals surface area (Å²) in [5.41, 5.74) is 3.91. The Balaban J connectivity index is 1.77. The Morgan fingerprint density at radius 2 is 1.74 bits per heavy atom. The Kier molecular flexibility index (Phi) is 4.14. The Bertz CT molecular complexity index is 724. The predicted molar refractivity (Wildman–Crippen MR) is 91.2 cm³/mol. The first-order valence-corrected chi connectivity index (χ1v) is 7.73. The van der Waals surface area contributed by atoms with Crippen molar-refractivity contribution in [2.45, 2.75) is 13.8 Å². The molecule has 1 aromatic heterocycles. The minimum absolute atomic E-state index is 0.0766. The molecule has 1 saturated heterocycles. The molecule has 0 amide bonds. The van der Waals surface area contributed by atoms with E-state index in [1.807, 2.05) is 4.90 Å². The molecule has 120 valence electrons. The van der Waals surface area contributed by atoms with E-state index in [1.54, 1.807) is 12.3 Å². The van der Waals surface area contributed by atoms with E-state index in [2.05, 4.69) is 41.9 Å². The Morgan fingerprint density at radius 1 is 1.04 bits per heavy atom. The zero-order chi connectivity index (χ0) is 16.4. The molecule has 0 aliphatic carbocycles. The number of aromatic nitrogens is 1. The number of anilines is 2. The van der Waals surface area contributed by atoms with Crippen LogP contribution in [0.4, 0.5) is 17.2 Å². The number of piperazine rings is 1. The summed E-state index contributed by atoms with van der Waals surface area (Å²) < 4.78 is 0. The van der Waals surface area contributed by atoms with E-state index < -0.39 is 0 Å². The lowest BCUT2D eigenvalue weighted by molar-refractivity contribution is -0.384. The van der Waals surface area contributed by atoms with Crippen molar-refractivity contribution in [1.82, 2.24) is 4.98 Å². The van der Waals surface area contributed by atoms with Crippen LogP contribution in [0, 0.1) is 24.0 Å². The van der Waals surface area contributed by atoms with Crippen molar-refractivity contribution in [3.05, 3.63) is 57.8 Å². The van der Waals surface area contributed by atoms with E-state index in [-0.39, 0.29) is 10.6 Å². The van der Waals surface area contributed by atoms with Crippen LogP contribution >= 0.6 is 0 Å². The van der Waals surface area contributed by atoms with Crippen LogP contribution in [-0.2, 0) is 0 Å². The fraction of sp³-hybridized carbons (Fsp3) is 0.353. The molecule has 2 heterocycles. The van der Waals surface area contributed by atoms with Gasteiger partial charge in [-0.3, -0.25) is 10.1 Å². The molecule has 6 heteroatoms. The first kappa shape index (κ1) is 15.3. The number of benzene rings is 1.